The number of ether oxygens (including phenoxy) is 2. The highest BCUT2D eigenvalue weighted by molar-refractivity contribution is 7.87. The van der Waals surface area contributed by atoms with Crippen LogP contribution in [-0.2, 0) is 17.3 Å². The van der Waals surface area contributed by atoms with Gasteiger partial charge in [0.05, 0.1) is 25.4 Å². The highest BCUT2D eigenvalue weighted by atomic mass is 32.2. The molecule has 0 radical (unpaired) electrons. The van der Waals surface area contributed by atoms with E-state index in [-0.39, 0.29) is 11.5 Å². The maximum atomic E-state index is 11.1. The Morgan fingerprint density at radius 3 is 2.38 bits per heavy atom. The van der Waals surface area contributed by atoms with Gasteiger partial charge in [0.1, 0.15) is 0 Å². The van der Waals surface area contributed by atoms with Crippen LogP contribution in [0.3, 0.4) is 0 Å². The minimum absolute atomic E-state index is 0.0379. The maximum absolute atomic E-state index is 11.1. The van der Waals surface area contributed by atoms with E-state index in [1.165, 1.54) is 0 Å². The smallest absolute Gasteiger partial charge is 0.274 e. The molecule has 1 aliphatic carbocycles. The predicted molar refractivity (Wildman–Crippen MR) is 99.9 cm³/mol. The molecule has 2 aliphatic rings. The molecule has 2 aromatic rings. The minimum atomic E-state index is -3.62. The maximum Gasteiger partial charge on any atom is 0.274 e. The molecule has 0 bridgehead atoms. The Bertz CT molecular complexity index is 955. The molecule has 4 rings (SSSR count). The fraction of sp³-hybridized carbons (Fsp3) is 0.529. The molecule has 0 amide bonds. The first-order valence-electron chi connectivity index (χ1n) is 8.50. The molecule has 1 saturated carbocycles. The molecule has 1 aromatic heterocycles. The van der Waals surface area contributed by atoms with Crippen molar-refractivity contribution in [3.05, 3.63) is 18.3 Å². The van der Waals surface area contributed by atoms with Crippen LogP contribution < -0.4 is 24.2 Å². The number of fused-ring (bicyclic) bond motifs is 1. The lowest BCUT2D eigenvalue weighted by atomic mass is 9.61. The summed E-state index contributed by atoms with van der Waals surface area (Å²) in [6.45, 7) is 1.84. The number of nitrogens with two attached hydrogens (primary N) is 1. The summed E-state index contributed by atoms with van der Waals surface area (Å²) in [5.41, 5.74) is 2.44. The lowest BCUT2D eigenvalue weighted by Gasteiger charge is -2.59. The van der Waals surface area contributed by atoms with E-state index in [4.69, 9.17) is 14.6 Å². The zero-order valence-electron chi connectivity index (χ0n) is 15.2. The van der Waals surface area contributed by atoms with Crippen molar-refractivity contribution in [2.75, 3.05) is 32.2 Å². The van der Waals surface area contributed by atoms with Crippen LogP contribution in [0.1, 0.15) is 12.8 Å². The number of anilines is 1. The highest BCUT2D eigenvalue weighted by Gasteiger charge is 2.53. The van der Waals surface area contributed by atoms with Gasteiger partial charge in [-0.25, -0.2) is 5.14 Å². The third-order valence-electron chi connectivity index (χ3n) is 5.56. The zero-order chi connectivity index (χ0) is 18.7. The quantitative estimate of drug-likeness (QED) is 0.805. The van der Waals surface area contributed by atoms with Gasteiger partial charge < -0.3 is 18.9 Å². The van der Waals surface area contributed by atoms with Gasteiger partial charge in [0.25, 0.3) is 10.2 Å². The third-order valence-corrected chi connectivity index (χ3v) is 6.22. The average Bonchev–Trinajstić information content (AvgIpc) is 2.82. The van der Waals surface area contributed by atoms with Gasteiger partial charge in [0, 0.05) is 49.2 Å². The van der Waals surface area contributed by atoms with Crippen molar-refractivity contribution in [2.24, 2.45) is 17.6 Å². The standard InChI is InChI=1S/C17H24N4O4S/c1-20-8-14(12-4-15(24-2)16(25-3)5-13(12)20)21-9-17(10-21)6-11(7-17)19-26(18,22)23/h4-5,8,11,19H,6-7,9-10H2,1-3H3,(H2,18,22,23). The summed E-state index contributed by atoms with van der Waals surface area (Å²) in [7, 11) is 1.67. The second-order valence-electron chi connectivity index (χ2n) is 7.47. The van der Waals surface area contributed by atoms with Crippen LogP contribution in [0.25, 0.3) is 10.9 Å². The number of aromatic nitrogens is 1. The fourth-order valence-corrected chi connectivity index (χ4v) is 5.06. The molecular weight excluding hydrogens is 356 g/mol. The van der Waals surface area contributed by atoms with E-state index < -0.39 is 10.2 Å². The summed E-state index contributed by atoms with van der Waals surface area (Å²) in [6.07, 6.45) is 3.79. The number of methoxy groups -OCH3 is 2. The summed E-state index contributed by atoms with van der Waals surface area (Å²) >= 11 is 0. The van der Waals surface area contributed by atoms with E-state index in [0.29, 0.717) is 11.5 Å². The van der Waals surface area contributed by atoms with E-state index in [9.17, 15) is 8.42 Å². The molecule has 3 N–H and O–H groups in total. The Morgan fingerprint density at radius 2 is 1.81 bits per heavy atom. The van der Waals surface area contributed by atoms with Crippen molar-refractivity contribution in [2.45, 2.75) is 18.9 Å². The summed E-state index contributed by atoms with van der Waals surface area (Å²) in [6, 6.07) is 3.97. The molecule has 142 valence electrons. The number of nitrogens with zero attached hydrogens (tertiary/aromatic N) is 2. The first-order valence-corrected chi connectivity index (χ1v) is 10.0. The van der Waals surface area contributed by atoms with Crippen molar-refractivity contribution in [1.29, 1.82) is 0 Å². The number of hydrogen-bond acceptors (Lipinski definition) is 5. The summed E-state index contributed by atoms with van der Waals surface area (Å²) < 4.78 is 37.7. The lowest BCUT2D eigenvalue weighted by Crippen LogP contribution is -2.67. The first-order chi connectivity index (χ1) is 12.2. The van der Waals surface area contributed by atoms with Gasteiger partial charge in [-0.15, -0.1) is 0 Å². The second kappa shape index (κ2) is 5.77. The van der Waals surface area contributed by atoms with Crippen molar-refractivity contribution in [3.63, 3.8) is 0 Å². The normalized spacial score (nSPS) is 19.5. The molecule has 2 heterocycles. The summed E-state index contributed by atoms with van der Waals surface area (Å²) in [4.78, 5) is 2.33. The van der Waals surface area contributed by atoms with Gasteiger partial charge in [-0.3, -0.25) is 0 Å². The molecule has 1 saturated heterocycles. The van der Waals surface area contributed by atoms with Crippen LogP contribution in [0, 0.1) is 5.41 Å². The molecule has 26 heavy (non-hydrogen) atoms. The third kappa shape index (κ3) is 2.80. The van der Waals surface area contributed by atoms with Gasteiger partial charge in [0.15, 0.2) is 11.5 Å². The number of benzene rings is 1. The van der Waals surface area contributed by atoms with E-state index in [1.54, 1.807) is 14.2 Å². The van der Waals surface area contributed by atoms with Crippen LogP contribution >= 0.6 is 0 Å². The second-order valence-corrected chi connectivity index (χ2v) is 8.80. The van der Waals surface area contributed by atoms with Crippen molar-refractivity contribution in [3.8, 4) is 11.5 Å². The Kier molecular flexibility index (Phi) is 3.87. The van der Waals surface area contributed by atoms with Crippen LogP contribution in [0.5, 0.6) is 11.5 Å². The van der Waals surface area contributed by atoms with Crippen LogP contribution in [0.2, 0.25) is 0 Å². The molecule has 1 spiro atoms. The molecule has 0 unspecified atom stereocenters. The largest absolute Gasteiger partial charge is 0.493 e. The van der Waals surface area contributed by atoms with Crippen LogP contribution in [-0.4, -0.2) is 46.3 Å². The number of rotatable bonds is 5. The van der Waals surface area contributed by atoms with Crippen LogP contribution in [0.4, 0.5) is 5.69 Å². The molecule has 8 nitrogen and oxygen atoms in total. The van der Waals surface area contributed by atoms with Gasteiger partial charge in [0.2, 0.25) is 0 Å². The number of hydrogen-bond donors (Lipinski definition) is 2. The Balaban J connectivity index is 1.53. The van der Waals surface area contributed by atoms with E-state index in [1.807, 2.05) is 19.2 Å². The molecular formula is C17H24N4O4S. The molecule has 0 atom stereocenters. The van der Waals surface area contributed by atoms with Crippen molar-refractivity contribution in [1.82, 2.24) is 9.29 Å². The van der Waals surface area contributed by atoms with Crippen molar-refractivity contribution >= 4 is 26.8 Å². The topological polar surface area (TPSA) is 98.8 Å². The average molecular weight is 380 g/mol. The van der Waals surface area contributed by atoms with Crippen molar-refractivity contribution < 1.29 is 17.9 Å². The summed E-state index contributed by atoms with van der Waals surface area (Å²) in [5, 5.41) is 6.18. The van der Waals surface area contributed by atoms with Gasteiger partial charge in [-0.2, -0.15) is 13.1 Å². The Hall–Kier alpha value is -1.97. The highest BCUT2D eigenvalue weighted by Crippen LogP contribution is 2.51. The minimum Gasteiger partial charge on any atom is -0.493 e. The summed E-state index contributed by atoms with van der Waals surface area (Å²) in [5.74, 6) is 1.42. The molecule has 1 aliphatic heterocycles. The predicted octanol–water partition coefficient (Wildman–Crippen LogP) is 0.957. The van der Waals surface area contributed by atoms with E-state index in [2.05, 4.69) is 20.4 Å². The number of nitrogens with one attached hydrogen (secondary N) is 1. The number of aryl methyl sites for hydroxylation is 1. The van der Waals surface area contributed by atoms with Crippen LogP contribution in [0.15, 0.2) is 18.3 Å². The Morgan fingerprint density at radius 1 is 1.19 bits per heavy atom. The fourth-order valence-electron chi connectivity index (χ4n) is 4.43. The zero-order valence-corrected chi connectivity index (χ0v) is 16.0. The van der Waals surface area contributed by atoms with Gasteiger partial charge in [-0.1, -0.05) is 0 Å². The monoisotopic (exact) mass is 380 g/mol. The van der Waals surface area contributed by atoms with Gasteiger partial charge in [-0.05, 0) is 18.9 Å². The first kappa shape index (κ1) is 17.4. The molecule has 1 aromatic carbocycles. The van der Waals surface area contributed by atoms with E-state index in [0.717, 1.165) is 42.5 Å². The lowest BCUT2D eigenvalue weighted by molar-refractivity contribution is 0.0592. The molecule has 2 fully saturated rings. The Labute approximate surface area is 153 Å². The van der Waals surface area contributed by atoms with E-state index >= 15 is 0 Å². The molecule has 9 heteroatoms. The van der Waals surface area contributed by atoms with Gasteiger partial charge >= 0.3 is 0 Å². The SMILES string of the molecule is COc1cc2c(N3CC4(CC(NS(N)(=O)=O)C4)C3)cn(C)c2cc1OC.